The van der Waals surface area contributed by atoms with Crippen molar-refractivity contribution in [2.45, 2.75) is 31.9 Å². The Hall–Kier alpha value is -3.71. The highest BCUT2D eigenvalue weighted by Gasteiger charge is 2.34. The average Bonchev–Trinajstić information content (AvgIpc) is 2.87. The molecule has 1 amide bonds. The van der Waals surface area contributed by atoms with Gasteiger partial charge in [0.15, 0.2) is 6.10 Å². The molecule has 3 aromatic rings. The van der Waals surface area contributed by atoms with E-state index >= 15 is 0 Å². The van der Waals surface area contributed by atoms with Gasteiger partial charge in [0.25, 0.3) is 5.91 Å². The van der Waals surface area contributed by atoms with Crippen LogP contribution in [-0.4, -0.2) is 42.1 Å². The van der Waals surface area contributed by atoms with Gasteiger partial charge in [0.2, 0.25) is 0 Å². The lowest BCUT2D eigenvalue weighted by atomic mass is 9.88. The molecule has 180 valence electrons. The fourth-order valence-corrected chi connectivity index (χ4v) is 5.09. The number of methoxy groups -OCH3 is 1. The van der Waals surface area contributed by atoms with Crippen molar-refractivity contribution >= 4 is 11.9 Å². The van der Waals surface area contributed by atoms with Crippen LogP contribution in [0.15, 0.2) is 54.6 Å². The van der Waals surface area contributed by atoms with Crippen LogP contribution in [0.5, 0.6) is 5.75 Å². The Bertz CT molecular complexity index is 1300. The molecule has 5 rings (SSSR count). The average molecular weight is 476 g/mol. The molecule has 6 nitrogen and oxygen atoms in total. The van der Waals surface area contributed by atoms with E-state index in [0.29, 0.717) is 47.6 Å². The van der Waals surface area contributed by atoms with Crippen molar-refractivity contribution in [1.82, 2.24) is 4.90 Å². The number of aliphatic carboxylic acids is 1. The topological polar surface area (TPSA) is 76.1 Å². The minimum atomic E-state index is -0.938. The summed E-state index contributed by atoms with van der Waals surface area (Å²) in [6.07, 6.45) is 0.340. The number of carboxylic acids is 1. The fourth-order valence-electron chi connectivity index (χ4n) is 5.09. The molecule has 0 radical (unpaired) electrons. The van der Waals surface area contributed by atoms with Crippen molar-refractivity contribution in [2.24, 2.45) is 0 Å². The Kier molecular flexibility index (Phi) is 6.26. The molecule has 1 atom stereocenters. The third-order valence-electron chi connectivity index (χ3n) is 6.79. The lowest BCUT2D eigenvalue weighted by molar-refractivity contribution is -0.146. The van der Waals surface area contributed by atoms with Crippen molar-refractivity contribution < 1.29 is 28.6 Å². The Labute approximate surface area is 202 Å². The summed E-state index contributed by atoms with van der Waals surface area (Å²) >= 11 is 0. The summed E-state index contributed by atoms with van der Waals surface area (Å²) < 4.78 is 26.3. The summed E-state index contributed by atoms with van der Waals surface area (Å²) in [6.45, 7) is 1.10. The van der Waals surface area contributed by atoms with E-state index in [1.54, 1.807) is 36.3 Å². The first-order valence-corrected chi connectivity index (χ1v) is 11.6. The Balaban J connectivity index is 1.52. The van der Waals surface area contributed by atoms with E-state index in [2.05, 4.69) is 0 Å². The molecule has 3 aromatic carbocycles. The highest BCUT2D eigenvalue weighted by Crippen LogP contribution is 2.39. The van der Waals surface area contributed by atoms with E-state index in [0.717, 1.165) is 23.1 Å². The molecule has 0 saturated heterocycles. The van der Waals surface area contributed by atoms with Crippen molar-refractivity contribution in [2.75, 3.05) is 20.3 Å². The van der Waals surface area contributed by atoms with Crippen LogP contribution in [-0.2, 0) is 40.1 Å². The second-order valence-electron chi connectivity index (χ2n) is 8.87. The van der Waals surface area contributed by atoms with Gasteiger partial charge in [-0.25, -0.2) is 4.39 Å². The van der Waals surface area contributed by atoms with Gasteiger partial charge in [-0.15, -0.1) is 0 Å². The molecule has 1 unspecified atom stereocenters. The predicted molar refractivity (Wildman–Crippen MR) is 128 cm³/mol. The van der Waals surface area contributed by atoms with Crippen molar-refractivity contribution in [3.8, 4) is 16.9 Å². The number of benzene rings is 3. The van der Waals surface area contributed by atoms with Crippen LogP contribution < -0.4 is 4.74 Å². The zero-order valence-electron chi connectivity index (χ0n) is 19.4. The highest BCUT2D eigenvalue weighted by atomic mass is 19.1. The number of rotatable bonds is 5. The van der Waals surface area contributed by atoms with Crippen LogP contribution in [0.2, 0.25) is 0 Å². The van der Waals surface area contributed by atoms with Crippen LogP contribution in [0.3, 0.4) is 0 Å². The number of amides is 1. The molecule has 2 aliphatic rings. The first kappa shape index (κ1) is 23.1. The lowest BCUT2D eigenvalue weighted by Gasteiger charge is -2.35. The molecule has 2 heterocycles. The van der Waals surface area contributed by atoms with Crippen LogP contribution >= 0.6 is 0 Å². The number of carbonyl (C=O) groups is 2. The van der Waals surface area contributed by atoms with Gasteiger partial charge in [0.1, 0.15) is 11.6 Å². The van der Waals surface area contributed by atoms with Gasteiger partial charge in [-0.05, 0) is 64.4 Å². The maximum Gasteiger partial charge on any atom is 0.307 e. The monoisotopic (exact) mass is 475 g/mol. The largest absolute Gasteiger partial charge is 0.496 e. The van der Waals surface area contributed by atoms with E-state index in [4.69, 9.17) is 9.47 Å². The number of fused-ring (bicyclic) bond motifs is 2. The quantitative estimate of drug-likeness (QED) is 0.595. The molecule has 0 aliphatic carbocycles. The van der Waals surface area contributed by atoms with Gasteiger partial charge < -0.3 is 19.5 Å². The molecule has 35 heavy (non-hydrogen) atoms. The molecule has 0 fully saturated rings. The molecule has 0 spiro atoms. The number of hydrogen-bond acceptors (Lipinski definition) is 4. The molecular weight excluding hydrogens is 449 g/mol. The Morgan fingerprint density at radius 2 is 1.91 bits per heavy atom. The first-order chi connectivity index (χ1) is 17.0. The molecular formula is C28H26FNO5. The summed E-state index contributed by atoms with van der Waals surface area (Å²) in [5.41, 5.74) is 5.30. The zero-order chi connectivity index (χ0) is 24.5. The van der Waals surface area contributed by atoms with E-state index in [1.165, 1.54) is 6.07 Å². The standard InChI is InChI=1S/C28H26FNO5/c1-34-25-9-6-17(15-26(31)32)14-22(25)20-7-8-24(29)21-10-12-30(16-23(20)21)28(33)27-19-5-3-2-4-18(19)11-13-35-27/h2-9,14,27H,10-13,15-16H2,1H3,(H,31,32). The van der Waals surface area contributed by atoms with E-state index in [1.807, 2.05) is 24.3 Å². The van der Waals surface area contributed by atoms with E-state index < -0.39 is 12.1 Å². The normalized spacial score (nSPS) is 16.9. The summed E-state index contributed by atoms with van der Waals surface area (Å²) in [7, 11) is 1.54. The minimum absolute atomic E-state index is 0.135. The molecule has 2 aliphatic heterocycles. The number of ether oxygens (including phenoxy) is 2. The molecule has 1 N–H and O–H groups in total. The maximum atomic E-state index is 14.8. The van der Waals surface area contributed by atoms with Crippen LogP contribution in [0.4, 0.5) is 4.39 Å². The molecule has 0 bridgehead atoms. The predicted octanol–water partition coefficient (Wildman–Crippen LogP) is 4.33. The van der Waals surface area contributed by atoms with Gasteiger partial charge in [-0.1, -0.05) is 36.4 Å². The number of nitrogens with zero attached hydrogens (tertiary/aromatic N) is 1. The lowest BCUT2D eigenvalue weighted by Crippen LogP contribution is -2.41. The second-order valence-corrected chi connectivity index (χ2v) is 8.87. The van der Waals surface area contributed by atoms with Crippen molar-refractivity contribution in [3.63, 3.8) is 0 Å². The smallest absolute Gasteiger partial charge is 0.307 e. The second kappa shape index (κ2) is 9.50. The Morgan fingerprint density at radius 3 is 2.71 bits per heavy atom. The summed E-state index contributed by atoms with van der Waals surface area (Å²) in [6, 6.07) is 16.1. The van der Waals surface area contributed by atoms with E-state index in [9.17, 15) is 19.1 Å². The van der Waals surface area contributed by atoms with E-state index in [-0.39, 0.29) is 24.7 Å². The number of hydrogen-bond donors (Lipinski definition) is 1. The molecule has 0 saturated carbocycles. The molecule has 0 aromatic heterocycles. The Morgan fingerprint density at radius 1 is 1.09 bits per heavy atom. The summed E-state index contributed by atoms with van der Waals surface area (Å²) in [4.78, 5) is 26.6. The van der Waals surface area contributed by atoms with Crippen LogP contribution in [0.1, 0.15) is 33.9 Å². The van der Waals surface area contributed by atoms with Gasteiger partial charge in [-0.3, -0.25) is 9.59 Å². The van der Waals surface area contributed by atoms with Crippen LogP contribution in [0, 0.1) is 5.82 Å². The maximum absolute atomic E-state index is 14.8. The summed E-state index contributed by atoms with van der Waals surface area (Å²) in [5, 5.41) is 9.24. The minimum Gasteiger partial charge on any atom is -0.496 e. The zero-order valence-corrected chi connectivity index (χ0v) is 19.4. The molecule has 7 heteroatoms. The summed E-state index contributed by atoms with van der Waals surface area (Å²) in [5.74, 6) is -0.826. The highest BCUT2D eigenvalue weighted by molar-refractivity contribution is 5.84. The third-order valence-corrected chi connectivity index (χ3v) is 6.79. The first-order valence-electron chi connectivity index (χ1n) is 11.6. The number of carboxylic acid groups (broad SMARTS) is 1. The van der Waals surface area contributed by atoms with Gasteiger partial charge in [0.05, 0.1) is 20.1 Å². The van der Waals surface area contributed by atoms with Gasteiger partial charge in [0, 0.05) is 18.7 Å². The van der Waals surface area contributed by atoms with Gasteiger partial charge in [-0.2, -0.15) is 0 Å². The van der Waals surface area contributed by atoms with Crippen LogP contribution in [0.25, 0.3) is 11.1 Å². The number of halogens is 1. The fraction of sp³-hybridized carbons (Fsp3) is 0.286. The number of carbonyl (C=O) groups excluding carboxylic acids is 1. The van der Waals surface area contributed by atoms with Crippen molar-refractivity contribution in [1.29, 1.82) is 0 Å². The van der Waals surface area contributed by atoms with Crippen molar-refractivity contribution in [3.05, 3.63) is 88.2 Å². The third kappa shape index (κ3) is 4.39. The van der Waals surface area contributed by atoms with Gasteiger partial charge >= 0.3 is 5.97 Å². The SMILES string of the molecule is COc1ccc(CC(=O)O)cc1-c1ccc(F)c2c1CN(C(=O)C1OCCc3ccccc31)CC2.